The van der Waals surface area contributed by atoms with Crippen LogP contribution >= 0.6 is 0 Å². The Hall–Kier alpha value is -0.820. The lowest BCUT2D eigenvalue weighted by molar-refractivity contribution is 0.159. The van der Waals surface area contributed by atoms with Gasteiger partial charge in [-0.25, -0.2) is 0 Å². The van der Waals surface area contributed by atoms with Crippen LogP contribution in [0.5, 0.6) is 0 Å². The van der Waals surface area contributed by atoms with Crippen LogP contribution in [0.3, 0.4) is 0 Å². The quantitative estimate of drug-likeness (QED) is 0.689. The summed E-state index contributed by atoms with van der Waals surface area (Å²) in [6.07, 6.45) is 1.11. The molecule has 0 amide bonds. The molecule has 1 rings (SSSR count). The standard InChI is InChI=1S/C12H18O/c1-10-4-6-12(7-5-10)8-11(2)9-13-3/h4-7,11H,8-9H2,1-3H3. The predicted molar refractivity (Wildman–Crippen MR) is 55.9 cm³/mol. The first-order valence-electron chi connectivity index (χ1n) is 4.77. The Kier molecular flexibility index (Phi) is 3.97. The van der Waals surface area contributed by atoms with Crippen molar-refractivity contribution in [3.8, 4) is 0 Å². The molecular weight excluding hydrogens is 160 g/mol. The van der Waals surface area contributed by atoms with Crippen LogP contribution in [0.4, 0.5) is 0 Å². The first-order chi connectivity index (χ1) is 6.22. The maximum absolute atomic E-state index is 5.10. The predicted octanol–water partition coefficient (Wildman–Crippen LogP) is 2.82. The molecule has 1 unspecified atom stereocenters. The summed E-state index contributed by atoms with van der Waals surface area (Å²) in [6.45, 7) is 5.17. The van der Waals surface area contributed by atoms with E-state index >= 15 is 0 Å². The van der Waals surface area contributed by atoms with Gasteiger partial charge in [-0.1, -0.05) is 36.8 Å². The molecule has 0 N–H and O–H groups in total. The van der Waals surface area contributed by atoms with Crippen LogP contribution in [0.15, 0.2) is 24.3 Å². The molecule has 13 heavy (non-hydrogen) atoms. The van der Waals surface area contributed by atoms with Gasteiger partial charge in [0.25, 0.3) is 0 Å². The second-order valence-corrected chi connectivity index (χ2v) is 3.75. The number of hydrogen-bond donors (Lipinski definition) is 0. The van der Waals surface area contributed by atoms with Gasteiger partial charge in [-0.3, -0.25) is 0 Å². The molecule has 1 aromatic carbocycles. The summed E-state index contributed by atoms with van der Waals surface area (Å²) in [6, 6.07) is 8.71. The van der Waals surface area contributed by atoms with E-state index in [1.165, 1.54) is 11.1 Å². The molecule has 0 fully saturated rings. The Bertz CT molecular complexity index is 238. The smallest absolute Gasteiger partial charge is 0.0491 e. The normalized spacial score (nSPS) is 12.8. The van der Waals surface area contributed by atoms with Crippen molar-refractivity contribution >= 4 is 0 Å². The second kappa shape index (κ2) is 5.03. The van der Waals surface area contributed by atoms with Gasteiger partial charge in [0.1, 0.15) is 0 Å². The monoisotopic (exact) mass is 178 g/mol. The number of methoxy groups -OCH3 is 1. The molecular formula is C12H18O. The molecule has 0 bridgehead atoms. The van der Waals surface area contributed by atoms with Gasteiger partial charge in [0, 0.05) is 13.7 Å². The van der Waals surface area contributed by atoms with Crippen LogP contribution in [-0.2, 0) is 11.2 Å². The van der Waals surface area contributed by atoms with Gasteiger partial charge in [0.05, 0.1) is 0 Å². The van der Waals surface area contributed by atoms with Crippen LogP contribution in [0.25, 0.3) is 0 Å². The molecule has 0 aromatic heterocycles. The minimum Gasteiger partial charge on any atom is -0.384 e. The molecule has 0 saturated carbocycles. The fourth-order valence-corrected chi connectivity index (χ4v) is 1.47. The third kappa shape index (κ3) is 3.60. The third-order valence-corrected chi connectivity index (χ3v) is 2.16. The van der Waals surface area contributed by atoms with Crippen molar-refractivity contribution in [1.29, 1.82) is 0 Å². The van der Waals surface area contributed by atoms with E-state index in [4.69, 9.17) is 4.74 Å². The number of aryl methyl sites for hydroxylation is 1. The van der Waals surface area contributed by atoms with E-state index in [-0.39, 0.29) is 0 Å². The maximum atomic E-state index is 5.10. The fraction of sp³-hybridized carbons (Fsp3) is 0.500. The molecule has 0 radical (unpaired) electrons. The van der Waals surface area contributed by atoms with E-state index in [0.717, 1.165) is 13.0 Å². The molecule has 0 aliphatic rings. The zero-order valence-electron chi connectivity index (χ0n) is 8.71. The van der Waals surface area contributed by atoms with Crippen LogP contribution < -0.4 is 0 Å². The summed E-state index contributed by atoms with van der Waals surface area (Å²) in [4.78, 5) is 0. The third-order valence-electron chi connectivity index (χ3n) is 2.16. The number of rotatable bonds is 4. The Morgan fingerprint density at radius 1 is 1.23 bits per heavy atom. The molecule has 0 spiro atoms. The van der Waals surface area contributed by atoms with Crippen molar-refractivity contribution in [1.82, 2.24) is 0 Å². The van der Waals surface area contributed by atoms with Gasteiger partial charge >= 0.3 is 0 Å². The number of ether oxygens (including phenoxy) is 1. The zero-order chi connectivity index (χ0) is 9.68. The molecule has 0 heterocycles. The van der Waals surface area contributed by atoms with E-state index in [2.05, 4.69) is 38.1 Å². The summed E-state index contributed by atoms with van der Waals surface area (Å²) >= 11 is 0. The largest absolute Gasteiger partial charge is 0.384 e. The summed E-state index contributed by atoms with van der Waals surface area (Å²) in [5.74, 6) is 0.604. The lowest BCUT2D eigenvalue weighted by atomic mass is 10.0. The van der Waals surface area contributed by atoms with Gasteiger partial charge < -0.3 is 4.74 Å². The zero-order valence-corrected chi connectivity index (χ0v) is 8.71. The molecule has 1 atom stereocenters. The fourth-order valence-electron chi connectivity index (χ4n) is 1.47. The van der Waals surface area contributed by atoms with E-state index in [9.17, 15) is 0 Å². The van der Waals surface area contributed by atoms with Gasteiger partial charge in [-0.2, -0.15) is 0 Å². The van der Waals surface area contributed by atoms with Crippen molar-refractivity contribution < 1.29 is 4.74 Å². The highest BCUT2D eigenvalue weighted by atomic mass is 16.5. The maximum Gasteiger partial charge on any atom is 0.0491 e. The van der Waals surface area contributed by atoms with Crippen LogP contribution in [0.1, 0.15) is 18.1 Å². The summed E-state index contributed by atoms with van der Waals surface area (Å²) < 4.78 is 5.10. The van der Waals surface area contributed by atoms with Crippen LogP contribution in [0.2, 0.25) is 0 Å². The van der Waals surface area contributed by atoms with Crippen LogP contribution in [-0.4, -0.2) is 13.7 Å². The van der Waals surface area contributed by atoms with Crippen molar-refractivity contribution in [2.75, 3.05) is 13.7 Å². The molecule has 1 heteroatoms. The minimum absolute atomic E-state index is 0.604. The Morgan fingerprint density at radius 2 is 1.85 bits per heavy atom. The number of hydrogen-bond acceptors (Lipinski definition) is 1. The second-order valence-electron chi connectivity index (χ2n) is 3.75. The van der Waals surface area contributed by atoms with Gasteiger partial charge in [0.2, 0.25) is 0 Å². The van der Waals surface area contributed by atoms with E-state index in [1.807, 2.05) is 0 Å². The van der Waals surface area contributed by atoms with E-state index in [0.29, 0.717) is 5.92 Å². The summed E-state index contributed by atoms with van der Waals surface area (Å²) in [7, 11) is 1.76. The molecule has 0 aliphatic heterocycles. The average molecular weight is 178 g/mol. The summed E-state index contributed by atoms with van der Waals surface area (Å²) in [5.41, 5.74) is 2.72. The van der Waals surface area contributed by atoms with Gasteiger partial charge in [-0.15, -0.1) is 0 Å². The topological polar surface area (TPSA) is 9.23 Å². The van der Waals surface area contributed by atoms with Crippen molar-refractivity contribution in [3.05, 3.63) is 35.4 Å². The first kappa shape index (κ1) is 10.3. The van der Waals surface area contributed by atoms with Crippen molar-refractivity contribution in [3.63, 3.8) is 0 Å². The molecule has 1 nitrogen and oxygen atoms in total. The Balaban J connectivity index is 2.49. The highest BCUT2D eigenvalue weighted by Gasteiger charge is 2.02. The molecule has 0 saturated heterocycles. The lowest BCUT2D eigenvalue weighted by Gasteiger charge is -2.09. The molecule has 1 aromatic rings. The molecule has 0 aliphatic carbocycles. The minimum atomic E-state index is 0.604. The lowest BCUT2D eigenvalue weighted by Crippen LogP contribution is -2.06. The summed E-state index contributed by atoms with van der Waals surface area (Å²) in [5, 5.41) is 0. The van der Waals surface area contributed by atoms with Crippen molar-refractivity contribution in [2.45, 2.75) is 20.3 Å². The van der Waals surface area contributed by atoms with E-state index < -0.39 is 0 Å². The van der Waals surface area contributed by atoms with E-state index in [1.54, 1.807) is 7.11 Å². The molecule has 72 valence electrons. The highest BCUT2D eigenvalue weighted by Crippen LogP contribution is 2.09. The van der Waals surface area contributed by atoms with Gasteiger partial charge in [0.15, 0.2) is 0 Å². The highest BCUT2D eigenvalue weighted by molar-refractivity contribution is 5.21. The van der Waals surface area contributed by atoms with Crippen molar-refractivity contribution in [2.24, 2.45) is 5.92 Å². The van der Waals surface area contributed by atoms with Gasteiger partial charge in [-0.05, 0) is 24.8 Å². The Morgan fingerprint density at radius 3 is 2.38 bits per heavy atom. The average Bonchev–Trinajstić information content (AvgIpc) is 2.09. The van der Waals surface area contributed by atoms with Crippen LogP contribution in [0, 0.1) is 12.8 Å². The number of benzene rings is 1. The Labute approximate surface area is 80.7 Å². The SMILES string of the molecule is COCC(C)Cc1ccc(C)cc1. The first-order valence-corrected chi connectivity index (χ1v) is 4.77.